The summed E-state index contributed by atoms with van der Waals surface area (Å²) in [6.07, 6.45) is 2.93. The molecule has 26 heavy (non-hydrogen) atoms. The Labute approximate surface area is 155 Å². The lowest BCUT2D eigenvalue weighted by Crippen LogP contribution is -2.21. The zero-order chi connectivity index (χ0) is 18.7. The van der Waals surface area contributed by atoms with E-state index in [0.29, 0.717) is 22.8 Å². The summed E-state index contributed by atoms with van der Waals surface area (Å²) < 4.78 is 35.4. The molecule has 0 bridgehead atoms. The minimum Gasteiger partial charge on any atom is -0.466 e. The number of anilines is 1. The first kappa shape index (κ1) is 18.0. The molecule has 1 heterocycles. The van der Waals surface area contributed by atoms with E-state index >= 15 is 0 Å². The second-order valence-electron chi connectivity index (χ2n) is 5.17. The van der Waals surface area contributed by atoms with Crippen LogP contribution in [0.3, 0.4) is 0 Å². The zero-order valence-corrected chi connectivity index (χ0v) is 14.9. The first-order valence-corrected chi connectivity index (χ1v) is 9.22. The fraction of sp³-hybridized carbons (Fsp3) is 0. The Morgan fingerprint density at radius 1 is 1.15 bits per heavy atom. The van der Waals surface area contributed by atoms with Crippen molar-refractivity contribution in [2.24, 2.45) is 5.14 Å². The predicted molar refractivity (Wildman–Crippen MR) is 101 cm³/mol. The topological polar surface area (TPSA) is 104 Å². The third kappa shape index (κ3) is 4.23. The van der Waals surface area contributed by atoms with E-state index in [0.717, 1.165) is 5.39 Å². The monoisotopic (exact) mass is 391 g/mol. The highest BCUT2D eigenvalue weighted by Gasteiger charge is 2.10. The maximum Gasteiger partial charge on any atom is 0.296 e. The van der Waals surface area contributed by atoms with Crippen LogP contribution in [0.1, 0.15) is 0 Å². The van der Waals surface area contributed by atoms with Crippen LogP contribution in [0.5, 0.6) is 17.2 Å². The van der Waals surface area contributed by atoms with Gasteiger partial charge in [-0.15, -0.1) is 0 Å². The molecule has 0 aliphatic carbocycles. The Morgan fingerprint density at radius 2 is 1.96 bits per heavy atom. The van der Waals surface area contributed by atoms with Gasteiger partial charge in [0.2, 0.25) is 0 Å². The van der Waals surface area contributed by atoms with Gasteiger partial charge in [-0.1, -0.05) is 18.2 Å². The summed E-state index contributed by atoms with van der Waals surface area (Å²) >= 11 is 6.18. The van der Waals surface area contributed by atoms with Crippen molar-refractivity contribution in [2.75, 3.05) is 4.72 Å². The maximum absolute atomic E-state index is 11.1. The highest BCUT2D eigenvalue weighted by Crippen LogP contribution is 2.35. The number of halogens is 1. The van der Waals surface area contributed by atoms with Crippen LogP contribution in [0.2, 0.25) is 5.02 Å². The number of nitrogens with two attached hydrogens (primary N) is 1. The molecular weight excluding hydrogens is 378 g/mol. The predicted octanol–water partition coefficient (Wildman–Crippen LogP) is 3.82. The number of nitrogens with zero attached hydrogens (tertiary/aromatic N) is 1. The van der Waals surface area contributed by atoms with Crippen LogP contribution in [-0.4, -0.2) is 13.4 Å². The number of ether oxygens (including phenoxy) is 2. The van der Waals surface area contributed by atoms with E-state index in [1.54, 1.807) is 30.5 Å². The molecule has 0 aliphatic rings. The fourth-order valence-electron chi connectivity index (χ4n) is 2.29. The summed E-state index contributed by atoms with van der Waals surface area (Å²) in [5.74, 6) is 1.49. The molecule has 3 N–H and O–H groups in total. The molecule has 0 radical (unpaired) electrons. The zero-order valence-electron chi connectivity index (χ0n) is 13.3. The van der Waals surface area contributed by atoms with Gasteiger partial charge in [-0.25, -0.2) is 5.14 Å². The molecule has 134 valence electrons. The Hall–Kier alpha value is -2.81. The number of benzene rings is 2. The number of nitrogens with one attached hydrogen (secondary N) is 1. The van der Waals surface area contributed by atoms with Gasteiger partial charge in [0.25, 0.3) is 10.2 Å². The third-order valence-electron chi connectivity index (χ3n) is 3.31. The Kier molecular flexibility index (Phi) is 4.99. The third-order valence-corrected chi connectivity index (χ3v) is 4.12. The lowest BCUT2D eigenvalue weighted by atomic mass is 10.2. The Balaban J connectivity index is 1.92. The summed E-state index contributed by atoms with van der Waals surface area (Å²) in [5, 5.41) is 5.91. The molecule has 0 spiro atoms. The van der Waals surface area contributed by atoms with Crippen molar-refractivity contribution >= 4 is 38.4 Å². The number of pyridine rings is 1. The molecule has 0 fully saturated rings. The largest absolute Gasteiger partial charge is 0.466 e. The maximum atomic E-state index is 11.1. The van der Waals surface area contributed by atoms with Crippen LogP contribution < -0.4 is 19.3 Å². The van der Waals surface area contributed by atoms with E-state index in [-0.39, 0.29) is 10.7 Å². The van der Waals surface area contributed by atoms with Gasteiger partial charge < -0.3 is 9.47 Å². The Bertz CT molecular complexity index is 1090. The van der Waals surface area contributed by atoms with Crippen molar-refractivity contribution in [3.05, 3.63) is 66.5 Å². The van der Waals surface area contributed by atoms with E-state index in [2.05, 4.69) is 16.3 Å². The van der Waals surface area contributed by atoms with Gasteiger partial charge in [0.15, 0.2) is 0 Å². The lowest BCUT2D eigenvalue weighted by molar-refractivity contribution is 0.482. The number of aromatic nitrogens is 1. The standard InChI is InChI=1S/C17H14ClN3O4S/c1-2-24-12-4-5-13-15(10-12)20-8-7-16(13)25-17-6-3-11(9-14(17)18)21-26(19,22)23/h2-10,21H,1H2,(H2,19,22,23). The number of hydrogen-bond acceptors (Lipinski definition) is 5. The van der Waals surface area contributed by atoms with Crippen LogP contribution >= 0.6 is 11.6 Å². The van der Waals surface area contributed by atoms with Gasteiger partial charge in [0.05, 0.1) is 22.5 Å². The molecule has 3 rings (SSSR count). The SMILES string of the molecule is C=COc1ccc2c(Oc3ccc(NS(N)(=O)=O)cc3Cl)ccnc2c1. The van der Waals surface area contributed by atoms with Crippen molar-refractivity contribution in [1.29, 1.82) is 0 Å². The summed E-state index contributed by atoms with van der Waals surface area (Å²) in [5.41, 5.74) is 0.904. The van der Waals surface area contributed by atoms with Gasteiger partial charge in [0.1, 0.15) is 17.2 Å². The number of fused-ring (bicyclic) bond motifs is 1. The van der Waals surface area contributed by atoms with E-state index in [9.17, 15) is 8.42 Å². The van der Waals surface area contributed by atoms with Crippen molar-refractivity contribution in [3.8, 4) is 17.2 Å². The van der Waals surface area contributed by atoms with Gasteiger partial charge in [-0.05, 0) is 36.4 Å². The van der Waals surface area contributed by atoms with E-state index in [4.69, 9.17) is 26.2 Å². The molecule has 0 saturated carbocycles. The van der Waals surface area contributed by atoms with Crippen LogP contribution in [0.4, 0.5) is 5.69 Å². The average molecular weight is 392 g/mol. The van der Waals surface area contributed by atoms with Gasteiger partial charge in [0, 0.05) is 17.6 Å². The average Bonchev–Trinajstić information content (AvgIpc) is 2.56. The van der Waals surface area contributed by atoms with Crippen molar-refractivity contribution in [1.82, 2.24) is 4.98 Å². The smallest absolute Gasteiger partial charge is 0.296 e. The molecule has 9 heteroatoms. The summed E-state index contributed by atoms with van der Waals surface area (Å²) in [4.78, 5) is 4.29. The first-order chi connectivity index (χ1) is 12.4. The minimum atomic E-state index is -3.88. The molecular formula is C17H14ClN3O4S. The Morgan fingerprint density at radius 3 is 2.65 bits per heavy atom. The van der Waals surface area contributed by atoms with Gasteiger partial charge in [-0.3, -0.25) is 9.71 Å². The lowest BCUT2D eigenvalue weighted by Gasteiger charge is -2.12. The second kappa shape index (κ2) is 7.20. The van der Waals surface area contributed by atoms with Crippen LogP contribution in [0.15, 0.2) is 61.5 Å². The van der Waals surface area contributed by atoms with Crippen molar-refractivity contribution in [2.45, 2.75) is 0 Å². The first-order valence-electron chi connectivity index (χ1n) is 7.30. The highest BCUT2D eigenvalue weighted by atomic mass is 35.5. The van der Waals surface area contributed by atoms with Crippen molar-refractivity contribution in [3.63, 3.8) is 0 Å². The van der Waals surface area contributed by atoms with E-state index in [1.807, 2.05) is 0 Å². The normalized spacial score (nSPS) is 11.2. The summed E-state index contributed by atoms with van der Waals surface area (Å²) in [7, 11) is -3.88. The molecule has 0 unspecified atom stereocenters. The van der Waals surface area contributed by atoms with Crippen LogP contribution in [0, 0.1) is 0 Å². The van der Waals surface area contributed by atoms with Crippen molar-refractivity contribution < 1.29 is 17.9 Å². The molecule has 0 aliphatic heterocycles. The molecule has 2 aromatic carbocycles. The van der Waals surface area contributed by atoms with E-state index < -0.39 is 10.2 Å². The quantitative estimate of drug-likeness (QED) is 0.621. The molecule has 0 saturated heterocycles. The number of rotatable bonds is 6. The molecule has 7 nitrogen and oxygen atoms in total. The molecule has 0 amide bonds. The number of hydrogen-bond donors (Lipinski definition) is 2. The van der Waals surface area contributed by atoms with E-state index in [1.165, 1.54) is 24.5 Å². The van der Waals surface area contributed by atoms with Gasteiger partial charge in [-0.2, -0.15) is 8.42 Å². The minimum absolute atomic E-state index is 0.218. The van der Waals surface area contributed by atoms with Crippen LogP contribution in [-0.2, 0) is 10.2 Å². The second-order valence-corrected chi connectivity index (χ2v) is 6.87. The summed E-state index contributed by atoms with van der Waals surface area (Å²) in [6.45, 7) is 3.52. The summed E-state index contributed by atoms with van der Waals surface area (Å²) in [6, 6.07) is 11.5. The fourth-order valence-corrected chi connectivity index (χ4v) is 2.96. The highest BCUT2D eigenvalue weighted by molar-refractivity contribution is 7.90. The van der Waals surface area contributed by atoms with Crippen LogP contribution in [0.25, 0.3) is 10.9 Å². The molecule has 3 aromatic rings. The van der Waals surface area contributed by atoms with Gasteiger partial charge >= 0.3 is 0 Å². The molecule has 0 atom stereocenters. The molecule has 1 aromatic heterocycles.